The maximum Gasteiger partial charge on any atom is 0.228 e. The van der Waals surface area contributed by atoms with Gasteiger partial charge in [0.1, 0.15) is 0 Å². The molecule has 6 heteroatoms. The van der Waals surface area contributed by atoms with Gasteiger partial charge in [0.05, 0.1) is 24.9 Å². The summed E-state index contributed by atoms with van der Waals surface area (Å²) in [5.41, 5.74) is 3.09. The van der Waals surface area contributed by atoms with Crippen molar-refractivity contribution in [2.75, 3.05) is 19.8 Å². The molecule has 0 unspecified atom stereocenters. The summed E-state index contributed by atoms with van der Waals surface area (Å²) in [4.78, 5) is 18.8. The van der Waals surface area contributed by atoms with Crippen molar-refractivity contribution in [3.63, 3.8) is 0 Å². The zero-order chi connectivity index (χ0) is 16.2. The van der Waals surface area contributed by atoms with Gasteiger partial charge in [-0.25, -0.2) is 0 Å². The number of hydrogen-bond donors (Lipinski definition) is 0. The number of ether oxygens (including phenoxy) is 1. The van der Waals surface area contributed by atoms with Crippen molar-refractivity contribution < 1.29 is 9.53 Å². The number of fused-ring (bicyclic) bond motifs is 1. The number of aryl methyl sites for hydroxylation is 1. The van der Waals surface area contributed by atoms with Gasteiger partial charge in [0.2, 0.25) is 5.91 Å². The van der Waals surface area contributed by atoms with E-state index in [0.717, 1.165) is 11.3 Å². The minimum atomic E-state index is 0.0969. The van der Waals surface area contributed by atoms with Gasteiger partial charge in [-0.1, -0.05) is 6.07 Å². The summed E-state index contributed by atoms with van der Waals surface area (Å²) in [5, 5.41) is 4.35. The number of rotatable bonds is 5. The average molecular weight is 314 g/mol. The van der Waals surface area contributed by atoms with Gasteiger partial charge in [0.15, 0.2) is 0 Å². The van der Waals surface area contributed by atoms with Gasteiger partial charge in [0.25, 0.3) is 0 Å². The lowest BCUT2D eigenvalue weighted by Gasteiger charge is -2.33. The monoisotopic (exact) mass is 314 g/mol. The fourth-order valence-electron chi connectivity index (χ4n) is 3.11. The molecule has 0 saturated heterocycles. The Morgan fingerprint density at radius 2 is 2.30 bits per heavy atom. The van der Waals surface area contributed by atoms with Crippen LogP contribution in [0.2, 0.25) is 0 Å². The fourth-order valence-corrected chi connectivity index (χ4v) is 3.11. The van der Waals surface area contributed by atoms with Crippen LogP contribution in [0, 0.1) is 0 Å². The molecule has 0 saturated carbocycles. The maximum absolute atomic E-state index is 12.6. The first kappa shape index (κ1) is 15.7. The molecule has 0 aromatic carbocycles. The quantitative estimate of drug-likeness (QED) is 0.839. The Morgan fingerprint density at radius 1 is 1.43 bits per heavy atom. The lowest BCUT2D eigenvalue weighted by Crippen LogP contribution is -2.40. The van der Waals surface area contributed by atoms with E-state index in [1.165, 1.54) is 5.69 Å². The second-order valence-corrected chi connectivity index (χ2v) is 5.81. The standard InChI is InChI=1S/C17H22N4O2/c1-3-23-12-14-11-21(10-13-9-19-20(2)17(13)14)16(22)8-15-6-4-5-7-18-15/h4-7,9,14H,3,8,10-12H2,1-2H3/t14-/m1/s1. The highest BCUT2D eigenvalue weighted by molar-refractivity contribution is 5.78. The number of hydrogen-bond acceptors (Lipinski definition) is 4. The van der Waals surface area contributed by atoms with Crippen molar-refractivity contribution in [1.29, 1.82) is 0 Å². The van der Waals surface area contributed by atoms with Crippen LogP contribution >= 0.6 is 0 Å². The lowest BCUT2D eigenvalue weighted by atomic mass is 9.96. The fraction of sp³-hybridized carbons (Fsp3) is 0.471. The van der Waals surface area contributed by atoms with Gasteiger partial charge in [-0.3, -0.25) is 14.5 Å². The Hall–Kier alpha value is -2.21. The van der Waals surface area contributed by atoms with Crippen molar-refractivity contribution >= 4 is 5.91 Å². The molecular weight excluding hydrogens is 292 g/mol. The Morgan fingerprint density at radius 3 is 3.04 bits per heavy atom. The third kappa shape index (κ3) is 3.42. The highest BCUT2D eigenvalue weighted by Crippen LogP contribution is 2.28. The van der Waals surface area contributed by atoms with Crippen LogP contribution in [0.25, 0.3) is 0 Å². The molecule has 0 radical (unpaired) electrons. The van der Waals surface area contributed by atoms with Crippen LogP contribution in [0.5, 0.6) is 0 Å². The normalized spacial score (nSPS) is 17.1. The van der Waals surface area contributed by atoms with E-state index in [-0.39, 0.29) is 11.8 Å². The average Bonchev–Trinajstić information content (AvgIpc) is 2.95. The molecule has 6 nitrogen and oxygen atoms in total. The van der Waals surface area contributed by atoms with Gasteiger partial charge in [-0.05, 0) is 19.1 Å². The predicted molar refractivity (Wildman–Crippen MR) is 85.8 cm³/mol. The number of pyridine rings is 1. The summed E-state index contributed by atoms with van der Waals surface area (Å²) >= 11 is 0. The van der Waals surface area contributed by atoms with E-state index in [2.05, 4.69) is 10.1 Å². The van der Waals surface area contributed by atoms with Crippen molar-refractivity contribution in [2.45, 2.75) is 25.8 Å². The minimum absolute atomic E-state index is 0.0969. The summed E-state index contributed by atoms with van der Waals surface area (Å²) < 4.78 is 7.51. The zero-order valence-corrected chi connectivity index (χ0v) is 13.6. The van der Waals surface area contributed by atoms with Gasteiger partial charge in [-0.15, -0.1) is 0 Å². The van der Waals surface area contributed by atoms with Gasteiger partial charge in [0, 0.05) is 50.1 Å². The second-order valence-electron chi connectivity index (χ2n) is 5.81. The van der Waals surface area contributed by atoms with Gasteiger partial charge >= 0.3 is 0 Å². The Kier molecular flexibility index (Phi) is 4.71. The summed E-state index contributed by atoms with van der Waals surface area (Å²) in [6.07, 6.45) is 3.90. The molecule has 0 bridgehead atoms. The van der Waals surface area contributed by atoms with E-state index < -0.39 is 0 Å². The minimum Gasteiger partial charge on any atom is -0.381 e. The molecule has 1 atom stereocenters. The Labute approximate surface area is 136 Å². The van der Waals surface area contributed by atoms with Crippen LogP contribution in [0.15, 0.2) is 30.6 Å². The highest BCUT2D eigenvalue weighted by atomic mass is 16.5. The largest absolute Gasteiger partial charge is 0.381 e. The Balaban J connectivity index is 1.75. The molecular formula is C17H22N4O2. The predicted octanol–water partition coefficient (Wildman–Crippen LogP) is 1.52. The zero-order valence-electron chi connectivity index (χ0n) is 13.6. The van der Waals surface area contributed by atoms with E-state index in [4.69, 9.17) is 4.74 Å². The van der Waals surface area contributed by atoms with Crippen molar-refractivity contribution in [3.05, 3.63) is 47.5 Å². The molecule has 1 aliphatic heterocycles. The number of amides is 1. The molecule has 2 aromatic heterocycles. The van der Waals surface area contributed by atoms with Crippen LogP contribution in [0.4, 0.5) is 0 Å². The molecule has 0 fully saturated rings. The first-order valence-electron chi connectivity index (χ1n) is 7.95. The number of nitrogens with zero attached hydrogens (tertiary/aromatic N) is 4. The Bertz CT molecular complexity index is 668. The smallest absolute Gasteiger partial charge is 0.228 e. The first-order chi connectivity index (χ1) is 11.2. The third-order valence-electron chi connectivity index (χ3n) is 4.19. The SMILES string of the molecule is CCOC[C@H]1CN(C(=O)Cc2ccccn2)Cc2cnn(C)c21. The first-order valence-corrected chi connectivity index (χ1v) is 7.95. The van der Waals surface area contributed by atoms with Crippen LogP contribution in [0.3, 0.4) is 0 Å². The molecule has 0 spiro atoms. The van der Waals surface area contributed by atoms with Crippen LogP contribution in [0.1, 0.15) is 29.8 Å². The number of carbonyl (C=O) groups excluding carboxylic acids is 1. The number of carbonyl (C=O) groups is 1. The molecule has 0 aliphatic carbocycles. The van der Waals surface area contributed by atoms with E-state index in [1.54, 1.807) is 6.20 Å². The molecule has 1 aliphatic rings. The van der Waals surface area contributed by atoms with Gasteiger partial charge < -0.3 is 9.64 Å². The van der Waals surface area contributed by atoms with E-state index >= 15 is 0 Å². The molecule has 122 valence electrons. The van der Waals surface area contributed by atoms with Crippen molar-refractivity contribution in [2.24, 2.45) is 7.05 Å². The van der Waals surface area contributed by atoms with Crippen LogP contribution in [-0.4, -0.2) is 45.3 Å². The maximum atomic E-state index is 12.6. The molecule has 3 rings (SSSR count). The highest BCUT2D eigenvalue weighted by Gasteiger charge is 2.31. The molecule has 23 heavy (non-hydrogen) atoms. The van der Waals surface area contributed by atoms with Crippen molar-refractivity contribution in [3.8, 4) is 0 Å². The summed E-state index contributed by atoms with van der Waals surface area (Å²) in [7, 11) is 1.95. The topological polar surface area (TPSA) is 60.2 Å². The summed E-state index contributed by atoms with van der Waals surface area (Å²) in [5.74, 6) is 0.263. The molecule has 2 aromatic rings. The summed E-state index contributed by atoms with van der Waals surface area (Å²) in [6, 6.07) is 5.65. The third-order valence-corrected chi connectivity index (χ3v) is 4.19. The van der Waals surface area contributed by atoms with E-state index in [1.807, 2.05) is 47.9 Å². The molecule has 1 amide bonds. The summed E-state index contributed by atoms with van der Waals surface area (Å²) in [6.45, 7) is 4.54. The van der Waals surface area contributed by atoms with Crippen molar-refractivity contribution in [1.82, 2.24) is 19.7 Å². The lowest BCUT2D eigenvalue weighted by molar-refractivity contribution is -0.132. The van der Waals surface area contributed by atoms with Gasteiger partial charge in [-0.2, -0.15) is 5.10 Å². The second kappa shape index (κ2) is 6.91. The van der Waals surface area contributed by atoms with Crippen LogP contribution in [-0.2, 0) is 29.5 Å². The number of aromatic nitrogens is 3. The van der Waals surface area contributed by atoms with E-state index in [9.17, 15) is 4.79 Å². The molecule has 0 N–H and O–H groups in total. The van der Waals surface area contributed by atoms with E-state index in [0.29, 0.717) is 32.7 Å². The van der Waals surface area contributed by atoms with Crippen LogP contribution < -0.4 is 0 Å². The molecule has 3 heterocycles.